The topological polar surface area (TPSA) is 16.4 Å². The maximum atomic E-state index is 6.70. The van der Waals surface area contributed by atoms with E-state index in [0.29, 0.717) is 0 Å². The van der Waals surface area contributed by atoms with Crippen molar-refractivity contribution in [3.63, 3.8) is 0 Å². The van der Waals surface area contributed by atoms with Gasteiger partial charge in [0, 0.05) is 27.7 Å². The van der Waals surface area contributed by atoms with Crippen molar-refractivity contribution < 1.29 is 4.42 Å². The molecule has 2 aliphatic rings. The Morgan fingerprint density at radius 2 is 0.810 bits per heavy atom. The number of fused-ring (bicyclic) bond motifs is 13. The van der Waals surface area contributed by atoms with Gasteiger partial charge in [0.25, 0.3) is 0 Å². The van der Waals surface area contributed by atoms with Crippen LogP contribution in [0, 0.1) is 0 Å². The van der Waals surface area contributed by atoms with Crippen LogP contribution in [0.5, 0.6) is 0 Å². The molecule has 10 aromatic carbocycles. The Bertz CT molecular complexity index is 3450. The zero-order chi connectivity index (χ0) is 41.5. The van der Waals surface area contributed by atoms with Crippen molar-refractivity contribution in [2.75, 3.05) is 4.90 Å². The molecule has 0 N–H and O–H groups in total. The molecule has 0 unspecified atom stereocenters. The second-order valence-electron chi connectivity index (χ2n) is 16.7. The van der Waals surface area contributed by atoms with Crippen molar-refractivity contribution in [1.82, 2.24) is 0 Å². The van der Waals surface area contributed by atoms with E-state index in [9.17, 15) is 0 Å². The first kappa shape index (κ1) is 35.5. The van der Waals surface area contributed by atoms with Crippen LogP contribution in [-0.4, -0.2) is 0 Å². The summed E-state index contributed by atoms with van der Waals surface area (Å²) < 4.78 is 6.70. The number of para-hydroxylation sites is 2. The van der Waals surface area contributed by atoms with Crippen LogP contribution >= 0.6 is 0 Å². The number of anilines is 3. The Hall–Kier alpha value is -8.20. The first-order valence-electron chi connectivity index (χ1n) is 21.8. The van der Waals surface area contributed by atoms with Gasteiger partial charge < -0.3 is 9.32 Å². The summed E-state index contributed by atoms with van der Waals surface area (Å²) in [5.74, 6) is 0. The summed E-state index contributed by atoms with van der Waals surface area (Å²) in [7, 11) is 0. The number of nitrogens with zero attached hydrogens (tertiary/aromatic N) is 1. The molecule has 11 aromatic rings. The van der Waals surface area contributed by atoms with Gasteiger partial charge in [0.05, 0.1) is 11.1 Å². The molecule has 2 nitrogen and oxygen atoms in total. The third-order valence-electron chi connectivity index (χ3n) is 13.5. The van der Waals surface area contributed by atoms with E-state index in [4.69, 9.17) is 4.42 Å². The quantitative estimate of drug-likeness (QED) is 0.167. The molecule has 2 aliphatic carbocycles. The summed E-state index contributed by atoms with van der Waals surface area (Å²) in [5.41, 5.74) is 21.8. The lowest BCUT2D eigenvalue weighted by molar-refractivity contribution is 0.669. The third-order valence-corrected chi connectivity index (χ3v) is 13.5. The smallest absolute Gasteiger partial charge is 0.136 e. The Kier molecular flexibility index (Phi) is 7.85. The highest BCUT2D eigenvalue weighted by molar-refractivity contribution is 6.17. The number of rotatable bonds is 6. The molecule has 0 fully saturated rings. The molecule has 294 valence electrons. The van der Waals surface area contributed by atoms with Crippen molar-refractivity contribution in [1.29, 1.82) is 0 Å². The maximum absolute atomic E-state index is 6.70. The van der Waals surface area contributed by atoms with E-state index >= 15 is 0 Å². The van der Waals surface area contributed by atoms with Gasteiger partial charge in [-0.3, -0.25) is 0 Å². The fourth-order valence-electron chi connectivity index (χ4n) is 10.9. The third kappa shape index (κ3) is 5.25. The fraction of sp³-hybridized carbons (Fsp3) is 0.0164. The zero-order valence-corrected chi connectivity index (χ0v) is 34.4. The van der Waals surface area contributed by atoms with Gasteiger partial charge in [-0.25, -0.2) is 0 Å². The van der Waals surface area contributed by atoms with Crippen LogP contribution in [0.3, 0.4) is 0 Å². The lowest BCUT2D eigenvalue weighted by atomic mass is 9.70. The average Bonchev–Trinajstić information content (AvgIpc) is 3.99. The van der Waals surface area contributed by atoms with Crippen LogP contribution in [0.2, 0.25) is 0 Å². The van der Waals surface area contributed by atoms with Gasteiger partial charge in [-0.15, -0.1) is 0 Å². The van der Waals surface area contributed by atoms with E-state index in [-0.39, 0.29) is 0 Å². The molecule has 0 aliphatic heterocycles. The summed E-state index contributed by atoms with van der Waals surface area (Å²) in [5, 5.41) is 2.18. The predicted octanol–water partition coefficient (Wildman–Crippen LogP) is 16.4. The molecule has 0 amide bonds. The Balaban J connectivity index is 1.13. The molecule has 1 aromatic heterocycles. The van der Waals surface area contributed by atoms with Gasteiger partial charge in [0.1, 0.15) is 11.2 Å². The van der Waals surface area contributed by atoms with Crippen molar-refractivity contribution >= 4 is 39.0 Å². The van der Waals surface area contributed by atoms with Gasteiger partial charge in [-0.1, -0.05) is 176 Å². The Morgan fingerprint density at radius 1 is 0.317 bits per heavy atom. The molecular formula is C61H39NO. The minimum absolute atomic E-state index is 0.473. The average molecular weight is 802 g/mol. The van der Waals surface area contributed by atoms with Crippen LogP contribution in [0.25, 0.3) is 77.6 Å². The highest BCUT2D eigenvalue weighted by atomic mass is 16.3. The molecule has 0 saturated heterocycles. The molecule has 0 bridgehead atoms. The Morgan fingerprint density at radius 3 is 1.41 bits per heavy atom. The minimum Gasteiger partial charge on any atom is -0.456 e. The monoisotopic (exact) mass is 801 g/mol. The summed E-state index contributed by atoms with van der Waals surface area (Å²) >= 11 is 0. The molecule has 1 spiro atoms. The van der Waals surface area contributed by atoms with Crippen LogP contribution in [0.15, 0.2) is 241 Å². The molecule has 0 atom stereocenters. The molecule has 1 heterocycles. The van der Waals surface area contributed by atoms with Crippen molar-refractivity contribution in [2.24, 2.45) is 0 Å². The van der Waals surface area contributed by atoms with Gasteiger partial charge in [-0.05, 0) is 133 Å². The van der Waals surface area contributed by atoms with Crippen molar-refractivity contribution in [2.45, 2.75) is 5.41 Å². The van der Waals surface area contributed by atoms with Crippen molar-refractivity contribution in [3.8, 4) is 55.6 Å². The van der Waals surface area contributed by atoms with Gasteiger partial charge in [0.15, 0.2) is 0 Å². The lowest BCUT2D eigenvalue weighted by Gasteiger charge is -2.33. The van der Waals surface area contributed by atoms with E-state index in [1.165, 1.54) is 55.6 Å². The summed E-state index contributed by atoms with van der Waals surface area (Å²) in [6.07, 6.45) is 0. The molecule has 0 radical (unpaired) electrons. The largest absolute Gasteiger partial charge is 0.456 e. The number of hydrogen-bond acceptors (Lipinski definition) is 2. The SMILES string of the molecule is c1ccc(-c2cc(-c3ccccc3)cc(-c3c(N(c4ccccc4)c4ccc5c(c4)C4(c6ccccc6-c6ccccc64)c4ccccc4-5)ccc4oc5ccccc5c34)c2)cc1. The van der Waals surface area contributed by atoms with E-state index in [1.54, 1.807) is 0 Å². The first-order valence-corrected chi connectivity index (χ1v) is 21.8. The number of hydrogen-bond donors (Lipinski definition) is 0. The molecular weight excluding hydrogens is 763 g/mol. The molecule has 0 saturated carbocycles. The summed E-state index contributed by atoms with van der Waals surface area (Å²) in [6.45, 7) is 0. The van der Waals surface area contributed by atoms with Gasteiger partial charge >= 0.3 is 0 Å². The zero-order valence-electron chi connectivity index (χ0n) is 34.4. The maximum Gasteiger partial charge on any atom is 0.136 e. The fourth-order valence-corrected chi connectivity index (χ4v) is 10.9. The second kappa shape index (κ2) is 13.9. The highest BCUT2D eigenvalue weighted by Gasteiger charge is 2.51. The number of furan rings is 1. The van der Waals surface area contributed by atoms with Crippen LogP contribution < -0.4 is 4.90 Å². The molecule has 63 heavy (non-hydrogen) atoms. The predicted molar refractivity (Wildman–Crippen MR) is 261 cm³/mol. The van der Waals surface area contributed by atoms with Crippen LogP contribution in [-0.2, 0) is 5.41 Å². The normalized spacial score (nSPS) is 12.9. The molecule has 2 heteroatoms. The lowest BCUT2D eigenvalue weighted by Crippen LogP contribution is -2.26. The van der Waals surface area contributed by atoms with E-state index in [2.05, 4.69) is 241 Å². The standard InChI is InChI=1S/C61H39NO/c1-4-18-40(19-5-1)42-36-43(41-20-6-2-7-21-41)38-44(37-42)59-56(34-35-58-60(59)51-27-13-17-31-57(51)63-58)62(45-22-8-3-9-23-45)46-32-33-50-49-26-12-16-30-54(49)61(55(50)39-46)52-28-14-10-24-47(52)48-25-11-15-29-53(48)61/h1-39H. The van der Waals surface area contributed by atoms with E-state index in [1.807, 2.05) is 0 Å². The summed E-state index contributed by atoms with van der Waals surface area (Å²) in [4.78, 5) is 2.47. The van der Waals surface area contributed by atoms with Gasteiger partial charge in [0.2, 0.25) is 0 Å². The second-order valence-corrected chi connectivity index (χ2v) is 16.7. The number of benzene rings is 10. The van der Waals surface area contributed by atoms with Crippen LogP contribution in [0.1, 0.15) is 22.3 Å². The van der Waals surface area contributed by atoms with Crippen molar-refractivity contribution in [3.05, 3.63) is 259 Å². The summed E-state index contributed by atoms with van der Waals surface area (Å²) in [6, 6.07) is 86.6. The highest BCUT2D eigenvalue weighted by Crippen LogP contribution is 2.63. The van der Waals surface area contributed by atoms with E-state index in [0.717, 1.165) is 61.3 Å². The van der Waals surface area contributed by atoms with E-state index < -0.39 is 5.41 Å². The van der Waals surface area contributed by atoms with Crippen LogP contribution in [0.4, 0.5) is 17.1 Å². The first-order chi connectivity index (χ1) is 31.3. The minimum atomic E-state index is -0.473. The molecule has 13 rings (SSSR count). The Labute approximate surface area is 366 Å². The van der Waals surface area contributed by atoms with Gasteiger partial charge in [-0.2, -0.15) is 0 Å².